The number of anilines is 1. The summed E-state index contributed by atoms with van der Waals surface area (Å²) in [5.41, 5.74) is 1.83. The fraction of sp³-hybridized carbons (Fsp3) is 0.278. The van der Waals surface area contributed by atoms with E-state index in [2.05, 4.69) is 15.4 Å². The summed E-state index contributed by atoms with van der Waals surface area (Å²) in [7, 11) is 0. The van der Waals surface area contributed by atoms with E-state index in [1.165, 1.54) is 0 Å². The average Bonchev–Trinajstić information content (AvgIpc) is 3.01. The van der Waals surface area contributed by atoms with Gasteiger partial charge in [0.25, 0.3) is 5.91 Å². The highest BCUT2D eigenvalue weighted by Crippen LogP contribution is 2.19. The van der Waals surface area contributed by atoms with Crippen molar-refractivity contribution in [3.63, 3.8) is 0 Å². The number of hydrogen-bond acceptors (Lipinski definition) is 4. The highest BCUT2D eigenvalue weighted by atomic mass is 16.5. The highest BCUT2D eigenvalue weighted by molar-refractivity contribution is 6.06. The Hall–Kier alpha value is -2.89. The zero-order chi connectivity index (χ0) is 17.1. The molecule has 2 aromatic heterocycles. The van der Waals surface area contributed by atoms with Crippen molar-refractivity contribution in [1.29, 1.82) is 0 Å². The number of ether oxygens (including phenoxy) is 1. The molecule has 0 spiro atoms. The summed E-state index contributed by atoms with van der Waals surface area (Å²) < 4.78 is 7.07. The Labute approximate surface area is 140 Å². The largest absolute Gasteiger partial charge is 0.494 e. The van der Waals surface area contributed by atoms with E-state index in [4.69, 9.17) is 4.74 Å². The van der Waals surface area contributed by atoms with Crippen LogP contribution in [0.25, 0.3) is 5.65 Å². The van der Waals surface area contributed by atoms with Crippen LogP contribution in [0.2, 0.25) is 0 Å². The van der Waals surface area contributed by atoms with Gasteiger partial charge in [-0.05, 0) is 43.3 Å². The highest BCUT2D eigenvalue weighted by Gasteiger charge is 2.13. The first kappa shape index (κ1) is 16.0. The second kappa shape index (κ2) is 6.70. The molecule has 1 aromatic carbocycles. The van der Waals surface area contributed by atoms with Gasteiger partial charge in [0.1, 0.15) is 5.75 Å². The molecule has 0 radical (unpaired) electrons. The third-order valence-corrected chi connectivity index (χ3v) is 3.57. The van der Waals surface area contributed by atoms with E-state index in [9.17, 15) is 4.79 Å². The van der Waals surface area contributed by atoms with Crippen LogP contribution in [-0.2, 0) is 0 Å². The van der Waals surface area contributed by atoms with Crippen LogP contribution in [0.4, 0.5) is 5.69 Å². The summed E-state index contributed by atoms with van der Waals surface area (Å²) in [6.07, 6.45) is 1.82. The second-order valence-electron chi connectivity index (χ2n) is 5.73. The molecule has 0 saturated carbocycles. The third kappa shape index (κ3) is 3.22. The summed E-state index contributed by atoms with van der Waals surface area (Å²) in [4.78, 5) is 17.0. The van der Waals surface area contributed by atoms with Crippen LogP contribution >= 0.6 is 0 Å². The molecular formula is C18H20N4O2. The zero-order valence-electron chi connectivity index (χ0n) is 14.0. The molecule has 1 N–H and O–H groups in total. The van der Waals surface area contributed by atoms with Gasteiger partial charge >= 0.3 is 0 Å². The first-order chi connectivity index (χ1) is 11.6. The number of aromatic nitrogens is 3. The number of nitrogens with zero attached hydrogens (tertiary/aromatic N) is 3. The van der Waals surface area contributed by atoms with Crippen molar-refractivity contribution in [2.45, 2.75) is 26.7 Å². The molecule has 1 amide bonds. The topological polar surface area (TPSA) is 68.5 Å². The van der Waals surface area contributed by atoms with Gasteiger partial charge in [-0.3, -0.25) is 4.79 Å². The molecule has 0 aliphatic heterocycles. The minimum absolute atomic E-state index is 0.194. The number of pyridine rings is 1. The number of benzene rings is 1. The Bertz CT molecular complexity index is 853. The first-order valence-electron chi connectivity index (χ1n) is 7.98. The number of rotatable bonds is 5. The van der Waals surface area contributed by atoms with Gasteiger partial charge < -0.3 is 10.1 Å². The van der Waals surface area contributed by atoms with Gasteiger partial charge in [-0.25, -0.2) is 9.50 Å². The molecule has 0 fully saturated rings. The fourth-order valence-corrected chi connectivity index (χ4v) is 2.33. The Morgan fingerprint density at radius 2 is 2.00 bits per heavy atom. The van der Waals surface area contributed by atoms with Gasteiger partial charge in [0.05, 0.1) is 12.3 Å². The van der Waals surface area contributed by atoms with Crippen molar-refractivity contribution in [2.75, 3.05) is 11.9 Å². The quantitative estimate of drug-likeness (QED) is 0.780. The molecule has 0 atom stereocenters. The minimum atomic E-state index is -0.194. The molecule has 24 heavy (non-hydrogen) atoms. The second-order valence-corrected chi connectivity index (χ2v) is 5.73. The lowest BCUT2D eigenvalue weighted by Gasteiger charge is -2.07. The summed E-state index contributed by atoms with van der Waals surface area (Å²) in [6, 6.07) is 10.7. The van der Waals surface area contributed by atoms with E-state index in [0.29, 0.717) is 23.5 Å². The molecule has 0 saturated heterocycles. The third-order valence-electron chi connectivity index (χ3n) is 3.57. The van der Waals surface area contributed by atoms with Crippen LogP contribution in [0, 0.1) is 0 Å². The van der Waals surface area contributed by atoms with Crippen LogP contribution in [0.1, 0.15) is 42.9 Å². The molecule has 3 rings (SSSR count). The normalized spacial score (nSPS) is 11.0. The zero-order valence-corrected chi connectivity index (χ0v) is 14.0. The van der Waals surface area contributed by atoms with Crippen LogP contribution in [0.3, 0.4) is 0 Å². The van der Waals surface area contributed by atoms with Gasteiger partial charge in [-0.2, -0.15) is 5.10 Å². The van der Waals surface area contributed by atoms with Gasteiger partial charge in [-0.15, -0.1) is 0 Å². The lowest BCUT2D eigenvalue weighted by molar-refractivity contribution is 0.102. The predicted molar refractivity (Wildman–Crippen MR) is 92.6 cm³/mol. The van der Waals surface area contributed by atoms with E-state index < -0.39 is 0 Å². The molecular weight excluding hydrogens is 304 g/mol. The summed E-state index contributed by atoms with van der Waals surface area (Å²) in [5, 5.41) is 7.32. The summed E-state index contributed by atoms with van der Waals surface area (Å²) >= 11 is 0. The summed E-state index contributed by atoms with van der Waals surface area (Å²) in [6.45, 7) is 6.59. The van der Waals surface area contributed by atoms with Crippen LogP contribution in [-0.4, -0.2) is 27.1 Å². The van der Waals surface area contributed by atoms with E-state index >= 15 is 0 Å². The van der Waals surface area contributed by atoms with Crippen molar-refractivity contribution in [3.05, 3.63) is 54.0 Å². The van der Waals surface area contributed by atoms with Crippen molar-refractivity contribution in [2.24, 2.45) is 0 Å². The molecule has 0 aliphatic carbocycles. The predicted octanol–water partition coefficient (Wildman–Crippen LogP) is 3.50. The van der Waals surface area contributed by atoms with Crippen LogP contribution in [0.5, 0.6) is 5.75 Å². The monoisotopic (exact) mass is 324 g/mol. The number of nitrogens with one attached hydrogen (secondary N) is 1. The Balaban J connectivity index is 1.84. The van der Waals surface area contributed by atoms with E-state index in [1.54, 1.807) is 28.8 Å². The molecule has 0 aliphatic rings. The Morgan fingerprint density at radius 1 is 1.25 bits per heavy atom. The van der Waals surface area contributed by atoms with Gasteiger partial charge in [0, 0.05) is 17.7 Å². The number of carbonyl (C=O) groups excluding carboxylic acids is 1. The number of carbonyl (C=O) groups is 1. The smallest absolute Gasteiger partial charge is 0.255 e. The van der Waals surface area contributed by atoms with Crippen LogP contribution in [0.15, 0.2) is 42.6 Å². The van der Waals surface area contributed by atoms with Gasteiger partial charge in [0.2, 0.25) is 0 Å². The maximum atomic E-state index is 12.5. The maximum Gasteiger partial charge on any atom is 0.255 e. The number of amides is 1. The number of hydrogen-bond donors (Lipinski definition) is 1. The standard InChI is InChI=1S/C18H20N4O2/c1-4-24-14-9-7-13(8-10-14)18(23)19-15-6-5-11-22-17(15)20-16(21-22)12(2)3/h5-12H,4H2,1-3H3,(H,19,23). The van der Waals surface area contributed by atoms with Crippen molar-refractivity contribution in [1.82, 2.24) is 14.6 Å². The van der Waals surface area contributed by atoms with Crippen molar-refractivity contribution < 1.29 is 9.53 Å². The maximum absolute atomic E-state index is 12.5. The Kier molecular flexibility index (Phi) is 4.46. The lowest BCUT2D eigenvalue weighted by Crippen LogP contribution is -2.12. The summed E-state index contributed by atoms with van der Waals surface area (Å²) in [5.74, 6) is 1.52. The van der Waals surface area contributed by atoms with E-state index in [-0.39, 0.29) is 11.8 Å². The first-order valence-corrected chi connectivity index (χ1v) is 7.98. The SMILES string of the molecule is CCOc1ccc(C(=O)Nc2cccn3nc(C(C)C)nc23)cc1. The lowest BCUT2D eigenvalue weighted by atomic mass is 10.2. The van der Waals surface area contributed by atoms with Crippen molar-refractivity contribution in [3.8, 4) is 5.75 Å². The van der Waals surface area contributed by atoms with Crippen molar-refractivity contribution >= 4 is 17.2 Å². The molecule has 2 heterocycles. The fourth-order valence-electron chi connectivity index (χ4n) is 2.33. The Morgan fingerprint density at radius 3 is 2.67 bits per heavy atom. The van der Waals surface area contributed by atoms with Gasteiger partial charge in [0.15, 0.2) is 11.5 Å². The average molecular weight is 324 g/mol. The molecule has 0 unspecified atom stereocenters. The van der Waals surface area contributed by atoms with E-state index in [0.717, 1.165) is 11.6 Å². The molecule has 0 bridgehead atoms. The molecule has 6 nitrogen and oxygen atoms in total. The van der Waals surface area contributed by atoms with E-state index in [1.807, 2.05) is 39.1 Å². The minimum Gasteiger partial charge on any atom is -0.494 e. The van der Waals surface area contributed by atoms with Gasteiger partial charge in [-0.1, -0.05) is 13.8 Å². The van der Waals surface area contributed by atoms with Crippen LogP contribution < -0.4 is 10.1 Å². The number of fused-ring (bicyclic) bond motifs is 1. The molecule has 124 valence electrons. The molecule has 6 heteroatoms. The molecule has 3 aromatic rings.